The highest BCUT2D eigenvalue weighted by molar-refractivity contribution is 5.94. The lowest BCUT2D eigenvalue weighted by Crippen LogP contribution is -2.45. The van der Waals surface area contributed by atoms with Gasteiger partial charge in [0.15, 0.2) is 0 Å². The maximum atomic E-state index is 12.1. The van der Waals surface area contributed by atoms with Crippen LogP contribution in [0.4, 0.5) is 0 Å². The van der Waals surface area contributed by atoms with Crippen molar-refractivity contribution in [1.29, 1.82) is 0 Å². The van der Waals surface area contributed by atoms with Gasteiger partial charge in [0.1, 0.15) is 11.3 Å². The maximum Gasteiger partial charge on any atom is 0.332 e. The molecule has 8 nitrogen and oxygen atoms in total. The summed E-state index contributed by atoms with van der Waals surface area (Å²) in [5, 5.41) is 2.94. The number of pyridine rings is 1. The van der Waals surface area contributed by atoms with Crippen molar-refractivity contribution in [2.24, 2.45) is 19.8 Å². The van der Waals surface area contributed by atoms with Crippen LogP contribution in [0, 0.1) is 0 Å². The summed E-state index contributed by atoms with van der Waals surface area (Å²) in [6, 6.07) is 2.94. The minimum Gasteiger partial charge on any atom is -0.349 e. The lowest BCUT2D eigenvalue weighted by atomic mass is 10.1. The largest absolute Gasteiger partial charge is 0.349 e. The van der Waals surface area contributed by atoms with Crippen molar-refractivity contribution >= 4 is 16.9 Å². The second-order valence-electron chi connectivity index (χ2n) is 5.94. The van der Waals surface area contributed by atoms with E-state index in [9.17, 15) is 14.4 Å². The van der Waals surface area contributed by atoms with E-state index >= 15 is 0 Å². The molecule has 2 heterocycles. The number of fused-ring (bicyclic) bond motifs is 1. The average Bonchev–Trinajstić information content (AvgIpc) is 2.47. The Morgan fingerprint density at radius 2 is 1.91 bits per heavy atom. The Kier molecular flexibility index (Phi) is 3.89. The molecule has 118 valence electrons. The first kappa shape index (κ1) is 15.9. The Hall–Kier alpha value is -2.48. The van der Waals surface area contributed by atoms with Crippen molar-refractivity contribution in [2.45, 2.75) is 19.4 Å². The van der Waals surface area contributed by atoms with Gasteiger partial charge >= 0.3 is 5.69 Å². The summed E-state index contributed by atoms with van der Waals surface area (Å²) >= 11 is 0. The first-order chi connectivity index (χ1) is 10.1. The molecule has 2 rings (SSSR count). The van der Waals surface area contributed by atoms with Crippen molar-refractivity contribution < 1.29 is 4.79 Å². The van der Waals surface area contributed by atoms with Gasteiger partial charge in [0.25, 0.3) is 11.5 Å². The van der Waals surface area contributed by atoms with Crippen LogP contribution in [0.25, 0.3) is 11.0 Å². The van der Waals surface area contributed by atoms with E-state index < -0.39 is 22.7 Å². The van der Waals surface area contributed by atoms with E-state index in [1.54, 1.807) is 13.8 Å². The third-order valence-electron chi connectivity index (χ3n) is 3.24. The Morgan fingerprint density at radius 1 is 1.27 bits per heavy atom. The molecule has 1 amide bonds. The lowest BCUT2D eigenvalue weighted by molar-refractivity contribution is 0.0941. The fourth-order valence-corrected chi connectivity index (χ4v) is 1.98. The van der Waals surface area contributed by atoms with Gasteiger partial charge in [0.2, 0.25) is 0 Å². The molecule has 0 bridgehead atoms. The van der Waals surface area contributed by atoms with Crippen LogP contribution in [0.15, 0.2) is 21.7 Å². The third-order valence-corrected chi connectivity index (χ3v) is 3.24. The highest BCUT2D eigenvalue weighted by Crippen LogP contribution is 2.06. The monoisotopic (exact) mass is 305 g/mol. The first-order valence-electron chi connectivity index (χ1n) is 6.75. The summed E-state index contributed by atoms with van der Waals surface area (Å²) in [7, 11) is 2.90. The number of aryl methyl sites for hydroxylation is 1. The highest BCUT2D eigenvalue weighted by atomic mass is 16.2. The Morgan fingerprint density at radius 3 is 2.50 bits per heavy atom. The number of nitrogens with one attached hydrogen (secondary N) is 1. The van der Waals surface area contributed by atoms with Gasteiger partial charge in [-0.25, -0.2) is 9.78 Å². The first-order valence-corrected chi connectivity index (χ1v) is 6.75. The van der Waals surface area contributed by atoms with Gasteiger partial charge in [-0.2, -0.15) is 0 Å². The van der Waals surface area contributed by atoms with Crippen LogP contribution in [0.5, 0.6) is 0 Å². The van der Waals surface area contributed by atoms with Gasteiger partial charge in [-0.15, -0.1) is 0 Å². The molecule has 2 aromatic rings. The molecule has 0 fully saturated rings. The number of carbonyl (C=O) groups is 1. The summed E-state index contributed by atoms with van der Waals surface area (Å²) in [5.74, 6) is -0.409. The number of nitrogens with zero attached hydrogens (tertiary/aromatic N) is 3. The third kappa shape index (κ3) is 2.91. The SMILES string of the molecule is Cn1c(=O)c2ccc(C(=O)NCC(C)(C)N)nc2n(C)c1=O. The summed E-state index contributed by atoms with van der Waals surface area (Å²) in [5.41, 5.74) is 4.62. The average molecular weight is 305 g/mol. The summed E-state index contributed by atoms with van der Waals surface area (Å²) in [6.07, 6.45) is 0. The molecule has 0 radical (unpaired) electrons. The predicted molar refractivity (Wildman–Crippen MR) is 82.8 cm³/mol. The molecular formula is C14H19N5O3. The molecule has 0 aliphatic heterocycles. The van der Waals surface area contributed by atoms with Crippen molar-refractivity contribution in [2.75, 3.05) is 6.54 Å². The zero-order valence-electron chi connectivity index (χ0n) is 13.0. The summed E-state index contributed by atoms with van der Waals surface area (Å²) < 4.78 is 2.24. The molecule has 0 saturated carbocycles. The smallest absolute Gasteiger partial charge is 0.332 e. The van der Waals surface area contributed by atoms with E-state index in [-0.39, 0.29) is 23.3 Å². The van der Waals surface area contributed by atoms with Crippen molar-refractivity contribution in [3.63, 3.8) is 0 Å². The van der Waals surface area contributed by atoms with E-state index in [4.69, 9.17) is 5.73 Å². The number of carbonyl (C=O) groups excluding carboxylic acids is 1. The van der Waals surface area contributed by atoms with E-state index in [1.165, 1.54) is 30.8 Å². The van der Waals surface area contributed by atoms with Crippen LogP contribution < -0.4 is 22.3 Å². The standard InChI is InChI=1S/C14H19N5O3/c1-14(2,15)7-16-11(20)9-6-5-8-10(17-9)18(3)13(22)19(4)12(8)21/h5-6H,7,15H2,1-4H3,(H,16,20). The molecule has 0 aliphatic rings. The van der Waals surface area contributed by atoms with Crippen LogP contribution in [0.2, 0.25) is 0 Å². The molecule has 0 aliphatic carbocycles. The molecule has 3 N–H and O–H groups in total. The number of rotatable bonds is 3. The fraction of sp³-hybridized carbons (Fsp3) is 0.429. The quantitative estimate of drug-likeness (QED) is 0.763. The van der Waals surface area contributed by atoms with Gasteiger partial charge in [0, 0.05) is 26.2 Å². The van der Waals surface area contributed by atoms with Gasteiger partial charge in [0.05, 0.1) is 5.39 Å². The molecule has 0 spiro atoms. The van der Waals surface area contributed by atoms with Crippen molar-refractivity contribution in [1.82, 2.24) is 19.4 Å². The molecule has 0 aromatic carbocycles. The van der Waals surface area contributed by atoms with Gasteiger partial charge in [-0.05, 0) is 26.0 Å². The van der Waals surface area contributed by atoms with E-state index in [2.05, 4.69) is 10.3 Å². The van der Waals surface area contributed by atoms with Crippen LogP contribution in [0.1, 0.15) is 24.3 Å². The number of hydrogen-bond donors (Lipinski definition) is 2. The topological polar surface area (TPSA) is 112 Å². The molecule has 0 saturated heterocycles. The normalized spacial score (nSPS) is 11.7. The van der Waals surface area contributed by atoms with E-state index in [1.807, 2.05) is 0 Å². The molecule has 2 aromatic heterocycles. The zero-order valence-corrected chi connectivity index (χ0v) is 13.0. The van der Waals surface area contributed by atoms with Crippen molar-refractivity contribution in [3.8, 4) is 0 Å². The van der Waals surface area contributed by atoms with Crippen LogP contribution in [0.3, 0.4) is 0 Å². The predicted octanol–water partition coefficient (Wildman–Crippen LogP) is -0.901. The van der Waals surface area contributed by atoms with Crippen LogP contribution in [-0.4, -0.2) is 32.1 Å². The lowest BCUT2D eigenvalue weighted by Gasteiger charge is -2.18. The van der Waals surface area contributed by atoms with Crippen molar-refractivity contribution in [3.05, 3.63) is 38.7 Å². The Bertz CT molecular complexity index is 858. The number of aromatic nitrogens is 3. The Labute approximate surface area is 126 Å². The molecule has 0 unspecified atom stereocenters. The maximum absolute atomic E-state index is 12.1. The van der Waals surface area contributed by atoms with Crippen LogP contribution >= 0.6 is 0 Å². The van der Waals surface area contributed by atoms with Crippen LogP contribution in [-0.2, 0) is 14.1 Å². The summed E-state index contributed by atoms with van der Waals surface area (Å²) in [4.78, 5) is 40.2. The van der Waals surface area contributed by atoms with E-state index in [0.717, 1.165) is 4.57 Å². The van der Waals surface area contributed by atoms with Gasteiger partial charge in [-0.1, -0.05) is 0 Å². The van der Waals surface area contributed by atoms with Gasteiger partial charge < -0.3 is 11.1 Å². The molecule has 0 atom stereocenters. The second-order valence-corrected chi connectivity index (χ2v) is 5.94. The number of nitrogens with two attached hydrogens (primary N) is 1. The fourth-order valence-electron chi connectivity index (χ4n) is 1.98. The highest BCUT2D eigenvalue weighted by Gasteiger charge is 2.16. The minimum atomic E-state index is -0.546. The summed E-state index contributed by atoms with van der Waals surface area (Å²) in [6.45, 7) is 3.85. The Balaban J connectivity index is 2.50. The second kappa shape index (κ2) is 5.38. The van der Waals surface area contributed by atoms with E-state index in [0.29, 0.717) is 0 Å². The number of hydrogen-bond acceptors (Lipinski definition) is 5. The molecule has 8 heteroatoms. The zero-order chi connectivity index (χ0) is 16.7. The number of amides is 1. The molecule has 22 heavy (non-hydrogen) atoms. The minimum absolute atomic E-state index is 0.125. The van der Waals surface area contributed by atoms with Gasteiger partial charge in [-0.3, -0.25) is 18.7 Å². The molecular weight excluding hydrogens is 286 g/mol.